The van der Waals surface area contributed by atoms with Gasteiger partial charge in [0.25, 0.3) is 0 Å². The first-order chi connectivity index (χ1) is 8.56. The molecule has 0 fully saturated rings. The molecule has 0 aliphatic carbocycles. The van der Waals surface area contributed by atoms with Crippen LogP contribution in [0.4, 0.5) is 5.69 Å². The van der Waals surface area contributed by atoms with E-state index in [1.165, 1.54) is 6.07 Å². The number of aromatic carboxylic acids is 1. The third-order valence-electron chi connectivity index (χ3n) is 2.25. The van der Waals surface area contributed by atoms with E-state index in [4.69, 9.17) is 9.52 Å². The smallest absolute Gasteiger partial charge is 0.371 e. The maximum absolute atomic E-state index is 10.7. The van der Waals surface area contributed by atoms with Crippen molar-refractivity contribution in [2.45, 2.75) is 6.54 Å². The molecule has 94 valence electrons. The van der Waals surface area contributed by atoms with Gasteiger partial charge in [-0.1, -0.05) is 15.9 Å². The van der Waals surface area contributed by atoms with Crippen molar-refractivity contribution < 1.29 is 14.3 Å². The zero-order valence-corrected chi connectivity index (χ0v) is 12.3. The summed E-state index contributed by atoms with van der Waals surface area (Å²) < 4.78 is 7.03. The Hall–Kier alpha value is -1.27. The zero-order chi connectivity index (χ0) is 13.1. The minimum absolute atomic E-state index is 0.0555. The summed E-state index contributed by atoms with van der Waals surface area (Å²) in [6.07, 6.45) is 0. The number of benzene rings is 1. The summed E-state index contributed by atoms with van der Waals surface area (Å²) in [4.78, 5) is 10.7. The SMILES string of the molecule is O=C(O)c1ccc(CNc2cc(Br)ccc2Br)o1. The molecule has 4 nitrogen and oxygen atoms in total. The topological polar surface area (TPSA) is 62.5 Å². The monoisotopic (exact) mass is 373 g/mol. The fourth-order valence-corrected chi connectivity index (χ4v) is 2.15. The van der Waals surface area contributed by atoms with Crippen molar-refractivity contribution in [1.82, 2.24) is 0 Å². The predicted molar refractivity (Wildman–Crippen MR) is 74.8 cm³/mol. The number of furan rings is 1. The van der Waals surface area contributed by atoms with Crippen molar-refractivity contribution in [3.8, 4) is 0 Å². The normalized spacial score (nSPS) is 10.3. The van der Waals surface area contributed by atoms with Crippen LogP contribution < -0.4 is 5.32 Å². The van der Waals surface area contributed by atoms with Gasteiger partial charge in [0.2, 0.25) is 5.76 Å². The van der Waals surface area contributed by atoms with Gasteiger partial charge in [-0.3, -0.25) is 0 Å². The summed E-state index contributed by atoms with van der Waals surface area (Å²) in [5.41, 5.74) is 0.901. The molecule has 0 amide bonds. The van der Waals surface area contributed by atoms with E-state index in [2.05, 4.69) is 37.2 Å². The molecule has 2 aromatic rings. The van der Waals surface area contributed by atoms with Crippen LogP contribution in [0.15, 0.2) is 43.7 Å². The number of carboxylic acid groups (broad SMARTS) is 1. The second-order valence-corrected chi connectivity index (χ2v) is 5.32. The second-order valence-electron chi connectivity index (χ2n) is 3.55. The minimum Gasteiger partial charge on any atom is -0.475 e. The van der Waals surface area contributed by atoms with Gasteiger partial charge in [0.15, 0.2) is 0 Å². The molecule has 1 aromatic heterocycles. The van der Waals surface area contributed by atoms with E-state index in [0.29, 0.717) is 12.3 Å². The van der Waals surface area contributed by atoms with Gasteiger partial charge in [-0.05, 0) is 46.3 Å². The average Bonchev–Trinajstić information content (AvgIpc) is 2.79. The molecule has 6 heteroatoms. The highest BCUT2D eigenvalue weighted by Gasteiger charge is 2.09. The van der Waals surface area contributed by atoms with Crippen LogP contribution in [0.2, 0.25) is 0 Å². The van der Waals surface area contributed by atoms with Gasteiger partial charge in [-0.15, -0.1) is 0 Å². The van der Waals surface area contributed by atoms with Crippen LogP contribution in [0.3, 0.4) is 0 Å². The van der Waals surface area contributed by atoms with Crippen molar-refractivity contribution >= 4 is 43.5 Å². The van der Waals surface area contributed by atoms with E-state index in [-0.39, 0.29) is 5.76 Å². The van der Waals surface area contributed by atoms with Crippen LogP contribution in [0.25, 0.3) is 0 Å². The van der Waals surface area contributed by atoms with Crippen LogP contribution in [-0.4, -0.2) is 11.1 Å². The van der Waals surface area contributed by atoms with Crippen LogP contribution in [0, 0.1) is 0 Å². The largest absolute Gasteiger partial charge is 0.475 e. The van der Waals surface area contributed by atoms with Gasteiger partial charge >= 0.3 is 5.97 Å². The Kier molecular flexibility index (Phi) is 4.08. The van der Waals surface area contributed by atoms with Crippen molar-refractivity contribution in [3.63, 3.8) is 0 Å². The number of hydrogen-bond acceptors (Lipinski definition) is 3. The number of halogens is 2. The molecule has 18 heavy (non-hydrogen) atoms. The van der Waals surface area contributed by atoms with E-state index in [0.717, 1.165) is 14.6 Å². The molecule has 0 radical (unpaired) electrons. The van der Waals surface area contributed by atoms with Gasteiger partial charge in [0.05, 0.1) is 6.54 Å². The zero-order valence-electron chi connectivity index (χ0n) is 9.11. The molecule has 0 saturated heterocycles. The van der Waals surface area contributed by atoms with Crippen LogP contribution >= 0.6 is 31.9 Å². The van der Waals surface area contributed by atoms with Crippen molar-refractivity contribution in [2.75, 3.05) is 5.32 Å². The number of rotatable bonds is 4. The van der Waals surface area contributed by atoms with Crippen molar-refractivity contribution in [3.05, 3.63) is 50.8 Å². The molecule has 0 aliphatic heterocycles. The first-order valence-electron chi connectivity index (χ1n) is 5.07. The summed E-state index contributed by atoms with van der Waals surface area (Å²) in [7, 11) is 0. The molecular formula is C12H9Br2NO3. The molecule has 0 bridgehead atoms. The lowest BCUT2D eigenvalue weighted by atomic mass is 10.3. The first kappa shape index (κ1) is 13.2. The van der Waals surface area contributed by atoms with Crippen LogP contribution in [0.5, 0.6) is 0 Å². The summed E-state index contributed by atoms with van der Waals surface area (Å²) in [6.45, 7) is 0.419. The third-order valence-corrected chi connectivity index (χ3v) is 3.44. The summed E-state index contributed by atoms with van der Waals surface area (Å²) in [5, 5.41) is 11.9. The van der Waals surface area contributed by atoms with Gasteiger partial charge in [-0.2, -0.15) is 0 Å². The maximum Gasteiger partial charge on any atom is 0.371 e. The summed E-state index contributed by atoms with van der Waals surface area (Å²) in [5.74, 6) is -0.552. The molecule has 0 spiro atoms. The molecule has 0 aliphatic rings. The lowest BCUT2D eigenvalue weighted by Gasteiger charge is -2.07. The van der Waals surface area contributed by atoms with E-state index < -0.39 is 5.97 Å². The number of anilines is 1. The van der Waals surface area contributed by atoms with Crippen LogP contribution in [-0.2, 0) is 6.54 Å². The molecule has 1 aromatic carbocycles. The highest BCUT2D eigenvalue weighted by molar-refractivity contribution is 9.11. The Morgan fingerprint density at radius 1 is 1.28 bits per heavy atom. The summed E-state index contributed by atoms with van der Waals surface area (Å²) in [6, 6.07) is 8.84. The van der Waals surface area contributed by atoms with Gasteiger partial charge < -0.3 is 14.8 Å². The molecule has 0 atom stereocenters. The molecule has 0 unspecified atom stereocenters. The lowest BCUT2D eigenvalue weighted by molar-refractivity contribution is 0.0660. The Morgan fingerprint density at radius 3 is 2.72 bits per heavy atom. The lowest BCUT2D eigenvalue weighted by Crippen LogP contribution is -1.99. The fraction of sp³-hybridized carbons (Fsp3) is 0.0833. The number of carbonyl (C=O) groups is 1. The molecule has 0 saturated carbocycles. The molecular weight excluding hydrogens is 366 g/mol. The highest BCUT2D eigenvalue weighted by Crippen LogP contribution is 2.26. The number of hydrogen-bond donors (Lipinski definition) is 2. The van der Waals surface area contributed by atoms with Gasteiger partial charge in [-0.25, -0.2) is 4.79 Å². The fourth-order valence-electron chi connectivity index (χ4n) is 1.40. The van der Waals surface area contributed by atoms with E-state index >= 15 is 0 Å². The number of carboxylic acids is 1. The van der Waals surface area contributed by atoms with Crippen molar-refractivity contribution in [1.29, 1.82) is 0 Å². The van der Waals surface area contributed by atoms with E-state index in [1.54, 1.807) is 6.07 Å². The Morgan fingerprint density at radius 2 is 2.06 bits per heavy atom. The Bertz CT molecular complexity index is 580. The third kappa shape index (κ3) is 3.14. The molecule has 2 N–H and O–H groups in total. The van der Waals surface area contributed by atoms with Crippen LogP contribution in [0.1, 0.15) is 16.3 Å². The number of nitrogens with one attached hydrogen (secondary N) is 1. The maximum atomic E-state index is 10.7. The molecule has 2 rings (SSSR count). The minimum atomic E-state index is -1.06. The average molecular weight is 375 g/mol. The molecule has 1 heterocycles. The van der Waals surface area contributed by atoms with E-state index in [9.17, 15) is 4.79 Å². The predicted octanol–water partition coefficient (Wildman–Crippen LogP) is 4.11. The quantitative estimate of drug-likeness (QED) is 0.845. The van der Waals surface area contributed by atoms with Crippen molar-refractivity contribution in [2.24, 2.45) is 0 Å². The second kappa shape index (κ2) is 5.58. The first-order valence-corrected chi connectivity index (χ1v) is 6.66. The highest BCUT2D eigenvalue weighted by atomic mass is 79.9. The van der Waals surface area contributed by atoms with E-state index in [1.807, 2.05) is 18.2 Å². The Labute approximate surface area is 120 Å². The Balaban J connectivity index is 2.06. The van der Waals surface area contributed by atoms with Gasteiger partial charge in [0, 0.05) is 14.6 Å². The standard InChI is InChI=1S/C12H9Br2NO3/c13-7-1-3-9(14)10(5-7)15-6-8-2-4-11(18-8)12(16)17/h1-5,15H,6H2,(H,16,17). The summed E-state index contributed by atoms with van der Waals surface area (Å²) >= 11 is 6.81. The van der Waals surface area contributed by atoms with Gasteiger partial charge in [0.1, 0.15) is 5.76 Å².